The van der Waals surface area contributed by atoms with Crippen LogP contribution in [0.3, 0.4) is 0 Å². The van der Waals surface area contributed by atoms with Gasteiger partial charge in [-0.05, 0) is 18.6 Å². The lowest BCUT2D eigenvalue weighted by atomic mass is 10.0. The Balaban J connectivity index is 1.96. The highest BCUT2D eigenvalue weighted by Crippen LogP contribution is 2.38. The van der Waals surface area contributed by atoms with Gasteiger partial charge in [0.2, 0.25) is 5.91 Å². The van der Waals surface area contributed by atoms with Crippen molar-refractivity contribution in [3.8, 4) is 35.0 Å². The maximum atomic E-state index is 13.0. The number of carbonyl (C=O) groups excluding carboxylic acids is 1. The topological polar surface area (TPSA) is 147 Å². The van der Waals surface area contributed by atoms with Crippen molar-refractivity contribution in [3.63, 3.8) is 0 Å². The maximum absolute atomic E-state index is 13.0. The van der Waals surface area contributed by atoms with E-state index in [-0.39, 0.29) is 33.4 Å². The van der Waals surface area contributed by atoms with Gasteiger partial charge < -0.3 is 24.9 Å². The van der Waals surface area contributed by atoms with Crippen LogP contribution in [-0.2, 0) is 4.79 Å². The van der Waals surface area contributed by atoms with Crippen molar-refractivity contribution in [2.75, 3.05) is 25.3 Å². The molecule has 3 aromatic rings. The van der Waals surface area contributed by atoms with E-state index in [1.165, 1.54) is 20.5 Å². The van der Waals surface area contributed by atoms with Gasteiger partial charge in [-0.15, -0.1) is 0 Å². The third-order valence-electron chi connectivity index (χ3n) is 4.72. The van der Waals surface area contributed by atoms with Crippen molar-refractivity contribution in [2.45, 2.75) is 23.6 Å². The molecule has 0 saturated heterocycles. The van der Waals surface area contributed by atoms with Crippen molar-refractivity contribution in [1.82, 2.24) is 4.98 Å². The lowest BCUT2D eigenvalue weighted by Gasteiger charge is -2.17. The van der Waals surface area contributed by atoms with E-state index in [0.29, 0.717) is 29.4 Å². The number of furan rings is 1. The second-order valence-electron chi connectivity index (χ2n) is 6.73. The van der Waals surface area contributed by atoms with E-state index < -0.39 is 5.25 Å². The molecule has 0 aliphatic rings. The minimum Gasteiger partial charge on any atom is -0.497 e. The Morgan fingerprint density at radius 3 is 2.39 bits per heavy atom. The molecule has 1 unspecified atom stereocenters. The predicted molar refractivity (Wildman–Crippen MR) is 124 cm³/mol. The third-order valence-corrected chi connectivity index (χ3v) is 6.07. The zero-order chi connectivity index (χ0) is 24.0. The summed E-state index contributed by atoms with van der Waals surface area (Å²) in [5, 5.41) is 21.9. The number of nitrogens with two attached hydrogens (primary N) is 1. The fourth-order valence-electron chi connectivity index (χ4n) is 3.11. The number of hydrogen-bond acceptors (Lipinski definition) is 9. The van der Waals surface area contributed by atoms with Gasteiger partial charge >= 0.3 is 0 Å². The molecule has 1 atom stereocenters. The first-order valence-electron chi connectivity index (χ1n) is 9.83. The zero-order valence-corrected chi connectivity index (χ0v) is 19.0. The van der Waals surface area contributed by atoms with Crippen LogP contribution < -0.4 is 20.5 Å². The summed E-state index contributed by atoms with van der Waals surface area (Å²) < 4.78 is 15.9. The molecule has 0 saturated carbocycles. The summed E-state index contributed by atoms with van der Waals surface area (Å²) in [4.78, 5) is 17.3. The Morgan fingerprint density at radius 1 is 1.21 bits per heavy atom. The summed E-state index contributed by atoms with van der Waals surface area (Å²) in [6, 6.07) is 12.4. The Hall–Kier alpha value is -4.15. The van der Waals surface area contributed by atoms with Gasteiger partial charge in [-0.25, -0.2) is 4.98 Å². The standard InChI is InChI=1S/C23H21N5O4S/c1-4-19(22(29)27-13-8-14(30-2)10-15(9-13)31-3)33-23-17(12-25)20(18-6-5-7-32-18)16(11-24)21(26)28-23/h5-10,19H,4H2,1-3H3,(H2,26,28)(H,27,29). The van der Waals surface area contributed by atoms with E-state index in [9.17, 15) is 15.3 Å². The number of rotatable bonds is 8. The van der Waals surface area contributed by atoms with Crippen LogP contribution in [0, 0.1) is 22.7 Å². The SMILES string of the molecule is CCC(Sc1nc(N)c(C#N)c(-c2ccco2)c1C#N)C(=O)Nc1cc(OC)cc(OC)c1. The summed E-state index contributed by atoms with van der Waals surface area (Å²) in [5.74, 6) is 1.03. The lowest BCUT2D eigenvalue weighted by Crippen LogP contribution is -2.25. The zero-order valence-electron chi connectivity index (χ0n) is 18.2. The number of nitriles is 2. The number of aromatic nitrogens is 1. The summed E-state index contributed by atoms with van der Waals surface area (Å²) in [7, 11) is 3.04. The van der Waals surface area contributed by atoms with Crippen LogP contribution in [0.4, 0.5) is 11.5 Å². The molecule has 10 heteroatoms. The Bertz CT molecular complexity index is 1220. The van der Waals surface area contributed by atoms with Gasteiger partial charge in [0, 0.05) is 23.9 Å². The predicted octanol–water partition coefficient (Wildman–Crippen LogP) is 4.19. The minimum absolute atomic E-state index is 0.0433. The molecule has 3 rings (SSSR count). The number of benzene rings is 1. The highest BCUT2D eigenvalue weighted by molar-refractivity contribution is 8.00. The molecule has 9 nitrogen and oxygen atoms in total. The van der Waals surface area contributed by atoms with Crippen LogP contribution in [0.2, 0.25) is 0 Å². The highest BCUT2D eigenvalue weighted by atomic mass is 32.2. The number of carbonyl (C=O) groups is 1. The van der Waals surface area contributed by atoms with Gasteiger partial charge in [-0.2, -0.15) is 10.5 Å². The summed E-state index contributed by atoms with van der Waals surface area (Å²) in [5.41, 5.74) is 6.94. The quantitative estimate of drug-likeness (QED) is 0.469. The van der Waals surface area contributed by atoms with Crippen LogP contribution >= 0.6 is 11.8 Å². The first kappa shape index (κ1) is 23.5. The van der Waals surface area contributed by atoms with E-state index in [1.807, 2.05) is 13.0 Å². The van der Waals surface area contributed by atoms with Crippen LogP contribution in [0.5, 0.6) is 11.5 Å². The van der Waals surface area contributed by atoms with E-state index in [2.05, 4.69) is 16.4 Å². The van der Waals surface area contributed by atoms with Gasteiger partial charge in [-0.1, -0.05) is 18.7 Å². The molecule has 0 aliphatic heterocycles. The van der Waals surface area contributed by atoms with E-state index >= 15 is 0 Å². The minimum atomic E-state index is -0.599. The first-order chi connectivity index (χ1) is 15.9. The summed E-state index contributed by atoms with van der Waals surface area (Å²) in [6.45, 7) is 1.84. The molecule has 0 spiro atoms. The van der Waals surface area contributed by atoms with Gasteiger partial charge in [0.05, 0.1) is 36.9 Å². The third kappa shape index (κ3) is 5.03. The van der Waals surface area contributed by atoms with Gasteiger partial charge in [0.15, 0.2) is 0 Å². The van der Waals surface area contributed by atoms with Crippen molar-refractivity contribution in [2.24, 2.45) is 0 Å². The number of thioether (sulfide) groups is 1. The average molecular weight is 464 g/mol. The highest BCUT2D eigenvalue weighted by Gasteiger charge is 2.26. The molecular weight excluding hydrogens is 442 g/mol. The number of amides is 1. The molecule has 0 fully saturated rings. The van der Waals surface area contributed by atoms with Crippen molar-refractivity contribution < 1.29 is 18.7 Å². The number of anilines is 2. The van der Waals surface area contributed by atoms with Crippen LogP contribution in [0.25, 0.3) is 11.3 Å². The van der Waals surface area contributed by atoms with Crippen LogP contribution in [-0.4, -0.2) is 30.4 Å². The average Bonchev–Trinajstić information content (AvgIpc) is 3.36. The molecule has 1 amide bonds. The second kappa shape index (κ2) is 10.4. The van der Waals surface area contributed by atoms with E-state index in [4.69, 9.17) is 19.6 Å². The Labute approximate surface area is 195 Å². The fraction of sp³-hybridized carbons (Fsp3) is 0.217. The van der Waals surface area contributed by atoms with E-state index in [0.717, 1.165) is 11.8 Å². The summed E-state index contributed by atoms with van der Waals surface area (Å²) in [6.07, 6.45) is 1.88. The molecule has 0 aliphatic carbocycles. The second-order valence-corrected chi connectivity index (χ2v) is 7.92. The number of nitrogens with zero attached hydrogens (tertiary/aromatic N) is 3. The Morgan fingerprint density at radius 2 is 1.88 bits per heavy atom. The van der Waals surface area contributed by atoms with Crippen molar-refractivity contribution >= 4 is 29.2 Å². The molecule has 0 radical (unpaired) electrons. The lowest BCUT2D eigenvalue weighted by molar-refractivity contribution is -0.115. The monoisotopic (exact) mass is 463 g/mol. The van der Waals surface area contributed by atoms with Gasteiger partial charge in [-0.3, -0.25) is 4.79 Å². The number of ether oxygens (including phenoxy) is 2. The molecule has 3 N–H and O–H groups in total. The largest absolute Gasteiger partial charge is 0.497 e. The van der Waals surface area contributed by atoms with Crippen molar-refractivity contribution in [1.29, 1.82) is 10.5 Å². The maximum Gasteiger partial charge on any atom is 0.237 e. The number of pyridine rings is 1. The number of methoxy groups -OCH3 is 2. The molecule has 168 valence electrons. The van der Waals surface area contributed by atoms with Gasteiger partial charge in [0.25, 0.3) is 0 Å². The van der Waals surface area contributed by atoms with Gasteiger partial charge in [0.1, 0.15) is 45.8 Å². The van der Waals surface area contributed by atoms with Crippen LogP contribution in [0.1, 0.15) is 24.5 Å². The molecule has 1 aromatic carbocycles. The number of nitrogen functional groups attached to an aromatic ring is 1. The smallest absolute Gasteiger partial charge is 0.237 e. The Kier molecular flexibility index (Phi) is 7.44. The van der Waals surface area contributed by atoms with Crippen molar-refractivity contribution in [3.05, 3.63) is 47.7 Å². The summed E-state index contributed by atoms with van der Waals surface area (Å²) >= 11 is 1.09. The fourth-order valence-corrected chi connectivity index (χ4v) is 4.13. The molecule has 33 heavy (non-hydrogen) atoms. The number of nitrogens with one attached hydrogen (secondary N) is 1. The first-order valence-corrected chi connectivity index (χ1v) is 10.7. The molecule has 2 heterocycles. The van der Waals surface area contributed by atoms with Crippen LogP contribution in [0.15, 0.2) is 46.0 Å². The molecule has 0 bridgehead atoms. The normalized spacial score (nSPS) is 11.2. The molecule has 2 aromatic heterocycles. The number of hydrogen-bond donors (Lipinski definition) is 2. The molecular formula is C23H21N5O4S. The van der Waals surface area contributed by atoms with E-state index in [1.54, 1.807) is 30.3 Å².